The molecule has 1 unspecified atom stereocenters. The smallest absolute Gasteiger partial charge is 0.312 e. The number of nitrogens with one attached hydrogen (secondary N) is 1. The average Bonchev–Trinajstić information content (AvgIpc) is 3.20. The predicted octanol–water partition coefficient (Wildman–Crippen LogP) is 0.641. The molecular weight excluding hydrogens is 446 g/mol. The van der Waals surface area contributed by atoms with Gasteiger partial charge in [-0.1, -0.05) is 13.8 Å². The number of fused-ring (bicyclic) bond motifs is 1. The molecule has 12 heteroatoms. The highest BCUT2D eigenvalue weighted by Crippen LogP contribution is 2.24. The number of rotatable bonds is 8. The summed E-state index contributed by atoms with van der Waals surface area (Å²) in [5.41, 5.74) is 0.911. The summed E-state index contributed by atoms with van der Waals surface area (Å²) in [6.45, 7) is 6.00. The van der Waals surface area contributed by atoms with Crippen LogP contribution in [-0.2, 0) is 27.9 Å². The molecule has 0 spiro atoms. The number of piperazine rings is 1. The van der Waals surface area contributed by atoms with Crippen molar-refractivity contribution in [1.29, 1.82) is 0 Å². The summed E-state index contributed by atoms with van der Waals surface area (Å²) in [5, 5.41) is 7.66. The number of methoxy groups -OCH3 is 1. The maximum Gasteiger partial charge on any atom is 0.312 e. The molecule has 0 bridgehead atoms. The predicted molar refractivity (Wildman–Crippen MR) is 124 cm³/mol. The molecule has 0 amide bonds. The van der Waals surface area contributed by atoms with E-state index in [4.69, 9.17) is 9.72 Å². The van der Waals surface area contributed by atoms with Crippen LogP contribution in [-0.4, -0.2) is 75.8 Å². The van der Waals surface area contributed by atoms with Crippen LogP contribution in [0.2, 0.25) is 0 Å². The van der Waals surface area contributed by atoms with Gasteiger partial charge in [-0.3, -0.25) is 14.5 Å². The minimum atomic E-state index is -4.22. The van der Waals surface area contributed by atoms with E-state index in [0.29, 0.717) is 50.2 Å². The Labute approximate surface area is 192 Å². The Kier molecular flexibility index (Phi) is 6.88. The number of pyridine rings is 1. The van der Waals surface area contributed by atoms with Crippen LogP contribution in [0.5, 0.6) is 0 Å². The molecule has 1 aliphatic rings. The van der Waals surface area contributed by atoms with Crippen LogP contribution in [0.25, 0.3) is 22.4 Å². The lowest BCUT2D eigenvalue weighted by molar-refractivity contribution is 0.183. The zero-order valence-corrected chi connectivity index (χ0v) is 19.9. The Hall–Kier alpha value is -2.67. The van der Waals surface area contributed by atoms with Gasteiger partial charge >= 0.3 is 10.2 Å². The molecule has 178 valence electrons. The number of aromatic nitrogens is 5. The van der Waals surface area contributed by atoms with Gasteiger partial charge in [-0.15, -0.1) is 0 Å². The van der Waals surface area contributed by atoms with Crippen molar-refractivity contribution in [1.82, 2.24) is 33.3 Å². The van der Waals surface area contributed by atoms with Gasteiger partial charge in [0, 0.05) is 50.7 Å². The molecule has 1 saturated heterocycles. The Bertz CT molecular complexity index is 1290. The van der Waals surface area contributed by atoms with Gasteiger partial charge in [-0.05, 0) is 25.0 Å². The number of hydrogen-bond donors (Lipinski definition) is 1. The first-order valence-electron chi connectivity index (χ1n) is 11.1. The van der Waals surface area contributed by atoms with Gasteiger partial charge in [0.1, 0.15) is 5.52 Å². The Morgan fingerprint density at radius 2 is 2.09 bits per heavy atom. The van der Waals surface area contributed by atoms with E-state index < -0.39 is 15.8 Å². The van der Waals surface area contributed by atoms with Crippen LogP contribution in [0.4, 0.5) is 0 Å². The molecular formula is C21H29N7O4S. The van der Waals surface area contributed by atoms with Crippen LogP contribution >= 0.6 is 0 Å². The quantitative estimate of drug-likeness (QED) is 0.503. The molecule has 4 rings (SSSR count). The lowest BCUT2D eigenvalue weighted by Crippen LogP contribution is -2.56. The zero-order valence-electron chi connectivity index (χ0n) is 19.1. The molecule has 1 fully saturated rings. The molecule has 3 aromatic rings. The molecule has 0 saturated carbocycles. The number of ether oxygens (including phenoxy) is 1. The topological polar surface area (TPSA) is 124 Å². The Morgan fingerprint density at radius 3 is 2.76 bits per heavy atom. The minimum absolute atomic E-state index is 0.0300. The molecule has 4 heterocycles. The first-order chi connectivity index (χ1) is 15.9. The van der Waals surface area contributed by atoms with Crippen LogP contribution < -0.4 is 10.9 Å². The summed E-state index contributed by atoms with van der Waals surface area (Å²) in [7, 11) is -2.63. The molecule has 3 aromatic heterocycles. The fourth-order valence-electron chi connectivity index (χ4n) is 4.20. The van der Waals surface area contributed by atoms with Crippen molar-refractivity contribution in [3.05, 3.63) is 40.6 Å². The van der Waals surface area contributed by atoms with Gasteiger partial charge in [0.2, 0.25) is 0 Å². The van der Waals surface area contributed by atoms with Gasteiger partial charge < -0.3 is 10.1 Å². The van der Waals surface area contributed by atoms with E-state index in [9.17, 15) is 13.2 Å². The van der Waals surface area contributed by atoms with E-state index in [2.05, 4.69) is 15.4 Å². The Morgan fingerprint density at radius 1 is 1.27 bits per heavy atom. The summed E-state index contributed by atoms with van der Waals surface area (Å²) in [6.07, 6.45) is 4.29. The number of hydrogen-bond acceptors (Lipinski definition) is 8. The van der Waals surface area contributed by atoms with Crippen LogP contribution in [0.1, 0.15) is 26.0 Å². The second kappa shape index (κ2) is 9.67. The number of aryl methyl sites for hydroxylation is 1. The van der Waals surface area contributed by atoms with E-state index >= 15 is 0 Å². The summed E-state index contributed by atoms with van der Waals surface area (Å²) in [6, 6.07) is 3.12. The van der Waals surface area contributed by atoms with Gasteiger partial charge in [0.15, 0.2) is 11.3 Å². The molecule has 1 N–H and O–H groups in total. The molecule has 1 aliphatic heterocycles. The highest BCUT2D eigenvalue weighted by atomic mass is 32.2. The van der Waals surface area contributed by atoms with Gasteiger partial charge in [-0.2, -0.15) is 21.8 Å². The van der Waals surface area contributed by atoms with Crippen LogP contribution in [0, 0.1) is 0 Å². The summed E-state index contributed by atoms with van der Waals surface area (Å²) in [4.78, 5) is 22.5. The van der Waals surface area contributed by atoms with E-state index in [1.54, 1.807) is 30.1 Å². The zero-order chi connectivity index (χ0) is 23.6. The SMILES string of the molecule is CCc1c2nc(-c3cccnc3)n(S(=O)(=O)N3CCNCC3CC)c(=O)c2nn1CCOC. The fraction of sp³-hybridized carbons (Fsp3) is 0.524. The fourth-order valence-corrected chi connectivity index (χ4v) is 5.99. The second-order valence-electron chi connectivity index (χ2n) is 7.84. The van der Waals surface area contributed by atoms with Crippen molar-refractivity contribution in [2.24, 2.45) is 0 Å². The normalized spacial score (nSPS) is 17.6. The third kappa shape index (κ3) is 4.19. The maximum absolute atomic E-state index is 13.9. The van der Waals surface area contributed by atoms with Gasteiger partial charge in [0.25, 0.3) is 5.56 Å². The van der Waals surface area contributed by atoms with Crippen molar-refractivity contribution in [3.8, 4) is 11.4 Å². The van der Waals surface area contributed by atoms with E-state index in [0.717, 1.165) is 9.67 Å². The largest absolute Gasteiger partial charge is 0.383 e. The van der Waals surface area contributed by atoms with Gasteiger partial charge in [0.05, 0.1) is 18.8 Å². The molecule has 11 nitrogen and oxygen atoms in total. The second-order valence-corrected chi connectivity index (χ2v) is 9.57. The van der Waals surface area contributed by atoms with Crippen LogP contribution in [0.3, 0.4) is 0 Å². The van der Waals surface area contributed by atoms with Crippen molar-refractivity contribution in [2.45, 2.75) is 39.3 Å². The van der Waals surface area contributed by atoms with Gasteiger partial charge in [-0.25, -0.2) is 4.98 Å². The third-order valence-corrected chi connectivity index (χ3v) is 7.76. The average molecular weight is 476 g/mol. The first kappa shape index (κ1) is 23.5. The summed E-state index contributed by atoms with van der Waals surface area (Å²) >= 11 is 0. The van der Waals surface area contributed by atoms with Crippen LogP contribution in [0.15, 0.2) is 29.3 Å². The molecule has 0 aliphatic carbocycles. The third-order valence-electron chi connectivity index (χ3n) is 5.88. The number of nitrogens with zero attached hydrogens (tertiary/aromatic N) is 6. The van der Waals surface area contributed by atoms with Crippen molar-refractivity contribution < 1.29 is 13.2 Å². The monoisotopic (exact) mass is 475 g/mol. The lowest BCUT2D eigenvalue weighted by atomic mass is 10.2. The Balaban J connectivity index is 2.02. The van der Waals surface area contributed by atoms with E-state index in [1.807, 2.05) is 13.8 Å². The van der Waals surface area contributed by atoms with E-state index in [1.165, 1.54) is 10.5 Å². The van der Waals surface area contributed by atoms with Crippen molar-refractivity contribution in [2.75, 3.05) is 33.4 Å². The lowest BCUT2D eigenvalue weighted by Gasteiger charge is -2.34. The highest BCUT2D eigenvalue weighted by Gasteiger charge is 2.36. The molecule has 1 atom stereocenters. The van der Waals surface area contributed by atoms with Crippen molar-refractivity contribution >= 4 is 21.2 Å². The van der Waals surface area contributed by atoms with Crippen molar-refractivity contribution in [3.63, 3.8) is 0 Å². The van der Waals surface area contributed by atoms with E-state index in [-0.39, 0.29) is 23.9 Å². The molecule has 33 heavy (non-hydrogen) atoms. The molecule has 0 radical (unpaired) electrons. The molecule has 0 aromatic carbocycles. The standard InChI is InChI=1S/C21H29N7O4S/c1-4-16-14-23-9-10-27(16)33(30,31)28-20(15-7-6-8-22-13-15)24-18-17(5-2)26(11-12-32-3)25-19(18)21(28)29/h6-8,13,16,23H,4-5,9-12,14H2,1-3H3. The summed E-state index contributed by atoms with van der Waals surface area (Å²) in [5.74, 6) is 0.0370. The summed E-state index contributed by atoms with van der Waals surface area (Å²) < 4.78 is 36.8. The minimum Gasteiger partial charge on any atom is -0.383 e. The first-order valence-corrected chi connectivity index (χ1v) is 12.5. The maximum atomic E-state index is 13.9. The highest BCUT2D eigenvalue weighted by molar-refractivity contribution is 7.87.